The van der Waals surface area contributed by atoms with Crippen LogP contribution in [0.2, 0.25) is 0 Å². The molecule has 0 spiro atoms. The fourth-order valence-electron chi connectivity index (χ4n) is 2.97. The number of hydrogen-bond acceptors (Lipinski definition) is 5. The maximum atomic E-state index is 13.7. The Labute approximate surface area is 135 Å². The number of aromatic nitrogens is 2. The smallest absolute Gasteiger partial charge is 0.244 e. The topological polar surface area (TPSA) is 68.2 Å². The van der Waals surface area contributed by atoms with Crippen LogP contribution in [-0.4, -0.2) is 34.7 Å². The lowest BCUT2D eigenvalue weighted by Gasteiger charge is -2.25. The molecule has 2 atom stereocenters. The van der Waals surface area contributed by atoms with Crippen LogP contribution in [0, 0.1) is 18.2 Å². The first kappa shape index (κ1) is 16.1. The van der Waals surface area contributed by atoms with Gasteiger partial charge in [-0.3, -0.25) is 4.90 Å². The Bertz CT molecular complexity index is 702. The number of halogens is 1. The van der Waals surface area contributed by atoms with Gasteiger partial charge < -0.3 is 10.3 Å². The molecule has 1 aromatic heterocycles. The van der Waals surface area contributed by atoms with Gasteiger partial charge in [-0.2, -0.15) is 4.98 Å². The molecule has 2 heterocycles. The third kappa shape index (κ3) is 3.14. The molecule has 0 radical (unpaired) electrons. The van der Waals surface area contributed by atoms with E-state index in [0.717, 1.165) is 19.5 Å². The summed E-state index contributed by atoms with van der Waals surface area (Å²) in [5.74, 6) is 0.717. The number of likely N-dealkylation sites (tertiary alicyclic amines) is 1. The maximum Gasteiger partial charge on any atom is 0.244 e. The highest BCUT2D eigenvalue weighted by Crippen LogP contribution is 2.34. The fourth-order valence-corrected chi connectivity index (χ4v) is 2.97. The zero-order valence-corrected chi connectivity index (χ0v) is 13.8. The Morgan fingerprint density at radius 2 is 2.26 bits per heavy atom. The van der Waals surface area contributed by atoms with Gasteiger partial charge in [-0.05, 0) is 50.4 Å². The summed E-state index contributed by atoms with van der Waals surface area (Å²) in [6.07, 6.45) is 1.07. The van der Waals surface area contributed by atoms with Crippen molar-refractivity contribution >= 4 is 0 Å². The first-order chi connectivity index (χ1) is 10.9. The van der Waals surface area contributed by atoms with Gasteiger partial charge in [0.05, 0.1) is 6.04 Å². The number of benzene rings is 1. The van der Waals surface area contributed by atoms with Gasteiger partial charge in [-0.1, -0.05) is 24.2 Å². The third-order valence-corrected chi connectivity index (χ3v) is 4.86. The molecule has 6 heteroatoms. The van der Waals surface area contributed by atoms with E-state index in [-0.39, 0.29) is 17.3 Å². The second kappa shape index (κ2) is 6.02. The molecular weight excluding hydrogens is 295 g/mol. The molecule has 0 saturated carbocycles. The van der Waals surface area contributed by atoms with Gasteiger partial charge in [0.1, 0.15) is 5.82 Å². The van der Waals surface area contributed by atoms with Crippen molar-refractivity contribution in [1.82, 2.24) is 15.0 Å². The molecule has 1 aromatic carbocycles. The summed E-state index contributed by atoms with van der Waals surface area (Å²) < 4.78 is 19.1. The van der Waals surface area contributed by atoms with Crippen molar-refractivity contribution in [3.63, 3.8) is 0 Å². The monoisotopic (exact) mass is 318 g/mol. The van der Waals surface area contributed by atoms with Gasteiger partial charge in [0, 0.05) is 12.1 Å². The van der Waals surface area contributed by atoms with E-state index in [9.17, 15) is 4.39 Å². The van der Waals surface area contributed by atoms with Gasteiger partial charge >= 0.3 is 0 Å². The van der Waals surface area contributed by atoms with Crippen LogP contribution in [0.25, 0.3) is 11.4 Å². The summed E-state index contributed by atoms with van der Waals surface area (Å²) in [6.45, 7) is 8.54. The van der Waals surface area contributed by atoms with Crippen LogP contribution in [-0.2, 0) is 0 Å². The van der Waals surface area contributed by atoms with Crippen LogP contribution in [0.3, 0.4) is 0 Å². The molecule has 0 bridgehead atoms. The van der Waals surface area contributed by atoms with E-state index in [1.165, 1.54) is 6.07 Å². The minimum absolute atomic E-state index is 0.0277. The van der Waals surface area contributed by atoms with E-state index in [0.29, 0.717) is 29.4 Å². The van der Waals surface area contributed by atoms with Crippen LogP contribution in [0.4, 0.5) is 4.39 Å². The molecule has 3 rings (SSSR count). The Balaban J connectivity index is 1.78. The Morgan fingerprint density at radius 1 is 1.48 bits per heavy atom. The maximum absolute atomic E-state index is 13.7. The van der Waals surface area contributed by atoms with Crippen LogP contribution >= 0.6 is 0 Å². The highest BCUT2D eigenvalue weighted by Gasteiger charge is 2.36. The van der Waals surface area contributed by atoms with E-state index in [2.05, 4.69) is 28.9 Å². The summed E-state index contributed by atoms with van der Waals surface area (Å²) in [5, 5.41) is 4.00. The number of rotatable bonds is 4. The molecule has 2 N–H and O–H groups in total. The molecule has 2 aromatic rings. The SMILES string of the molecule is Cc1ccc(-c2noc(C(C)N3CCC(C)(CN)C3)n2)cc1F. The van der Waals surface area contributed by atoms with E-state index < -0.39 is 0 Å². The van der Waals surface area contributed by atoms with Gasteiger partial charge in [0.15, 0.2) is 0 Å². The molecule has 1 aliphatic rings. The van der Waals surface area contributed by atoms with E-state index in [1.807, 2.05) is 0 Å². The van der Waals surface area contributed by atoms with Gasteiger partial charge in [0.25, 0.3) is 0 Å². The first-order valence-electron chi connectivity index (χ1n) is 7.96. The van der Waals surface area contributed by atoms with Crippen molar-refractivity contribution in [2.24, 2.45) is 11.1 Å². The van der Waals surface area contributed by atoms with Crippen molar-refractivity contribution in [2.75, 3.05) is 19.6 Å². The predicted octanol–water partition coefficient (Wildman–Crippen LogP) is 2.92. The van der Waals surface area contributed by atoms with Gasteiger partial charge in [0.2, 0.25) is 11.7 Å². The zero-order chi connectivity index (χ0) is 16.6. The quantitative estimate of drug-likeness (QED) is 0.939. The van der Waals surface area contributed by atoms with Gasteiger partial charge in [-0.15, -0.1) is 0 Å². The number of aryl methyl sites for hydroxylation is 1. The zero-order valence-electron chi connectivity index (χ0n) is 13.8. The van der Waals surface area contributed by atoms with E-state index in [4.69, 9.17) is 10.3 Å². The summed E-state index contributed by atoms with van der Waals surface area (Å²) in [5.41, 5.74) is 7.24. The van der Waals surface area contributed by atoms with Crippen LogP contribution in [0.15, 0.2) is 22.7 Å². The number of hydrogen-bond donors (Lipinski definition) is 1. The highest BCUT2D eigenvalue weighted by molar-refractivity contribution is 5.54. The van der Waals surface area contributed by atoms with Crippen molar-refractivity contribution < 1.29 is 8.91 Å². The van der Waals surface area contributed by atoms with Crippen LogP contribution in [0.5, 0.6) is 0 Å². The number of nitrogens with zero attached hydrogens (tertiary/aromatic N) is 3. The van der Waals surface area contributed by atoms with Crippen molar-refractivity contribution in [2.45, 2.75) is 33.2 Å². The standard InChI is InChI=1S/C17H23FN4O/c1-11-4-5-13(8-14(11)18)15-20-16(23-21-15)12(2)22-7-6-17(3,9-19)10-22/h4-5,8,12H,6-7,9-10,19H2,1-3H3. The molecular formula is C17H23FN4O. The largest absolute Gasteiger partial charge is 0.337 e. The summed E-state index contributed by atoms with van der Waals surface area (Å²) in [7, 11) is 0. The average Bonchev–Trinajstić information content (AvgIpc) is 3.17. The highest BCUT2D eigenvalue weighted by atomic mass is 19.1. The van der Waals surface area contributed by atoms with Crippen LogP contribution < -0.4 is 5.73 Å². The fraction of sp³-hybridized carbons (Fsp3) is 0.529. The van der Waals surface area contributed by atoms with Crippen molar-refractivity contribution in [3.05, 3.63) is 35.5 Å². The summed E-state index contributed by atoms with van der Waals surface area (Å²) in [4.78, 5) is 6.76. The Kier molecular flexibility index (Phi) is 4.21. The molecule has 1 fully saturated rings. The van der Waals surface area contributed by atoms with Crippen molar-refractivity contribution in [1.29, 1.82) is 0 Å². The Hall–Kier alpha value is -1.79. The molecule has 124 valence electrons. The summed E-state index contributed by atoms with van der Waals surface area (Å²) in [6, 6.07) is 4.99. The molecule has 0 aliphatic carbocycles. The predicted molar refractivity (Wildman–Crippen MR) is 86.2 cm³/mol. The van der Waals surface area contributed by atoms with Crippen molar-refractivity contribution in [3.8, 4) is 11.4 Å². The minimum atomic E-state index is -0.264. The van der Waals surface area contributed by atoms with Gasteiger partial charge in [-0.25, -0.2) is 4.39 Å². The van der Waals surface area contributed by atoms with E-state index >= 15 is 0 Å². The first-order valence-corrected chi connectivity index (χ1v) is 7.96. The van der Waals surface area contributed by atoms with Crippen LogP contribution in [0.1, 0.15) is 37.8 Å². The molecule has 2 unspecified atom stereocenters. The lowest BCUT2D eigenvalue weighted by Crippen LogP contribution is -2.32. The summed E-state index contributed by atoms with van der Waals surface area (Å²) >= 11 is 0. The van der Waals surface area contributed by atoms with E-state index in [1.54, 1.807) is 19.1 Å². The molecule has 0 amide bonds. The average molecular weight is 318 g/mol. The Morgan fingerprint density at radius 3 is 2.91 bits per heavy atom. The molecule has 5 nitrogen and oxygen atoms in total. The second-order valence-corrected chi connectivity index (χ2v) is 6.83. The third-order valence-electron chi connectivity index (χ3n) is 4.86. The minimum Gasteiger partial charge on any atom is -0.337 e. The normalized spacial score (nSPS) is 23.3. The lowest BCUT2D eigenvalue weighted by atomic mass is 9.90. The second-order valence-electron chi connectivity index (χ2n) is 6.83. The molecule has 23 heavy (non-hydrogen) atoms. The molecule has 1 saturated heterocycles. The lowest BCUT2D eigenvalue weighted by molar-refractivity contribution is 0.188. The molecule has 1 aliphatic heterocycles. The number of nitrogens with two attached hydrogens (primary N) is 1.